The lowest BCUT2D eigenvalue weighted by Crippen LogP contribution is -2.55. The number of phenols is 1. The number of carbonyl (C=O) groups excluding carboxylic acids is 3. The fourth-order valence-electron chi connectivity index (χ4n) is 5.52. The molecule has 8 nitrogen and oxygen atoms in total. The standard InChI is InChI=1S/C38H45N3O5/c1-8-26(4)41(36(44)33(40-37(45)46-38(5,6)7)22-27-14-18-31(42)19-15-27)34(32-20-13-24(2)21-25(32)3)35(43)39-30-17-16-28-11-9-10-12-29(28)23-30/h9-21,23,26,33-34,42H,8,22H2,1-7H3,(H,39,43)(H,40,45). The van der Waals surface area contributed by atoms with E-state index in [1.165, 1.54) is 12.1 Å². The van der Waals surface area contributed by atoms with Crippen molar-refractivity contribution in [2.24, 2.45) is 0 Å². The van der Waals surface area contributed by atoms with Crippen molar-refractivity contribution in [1.29, 1.82) is 0 Å². The third kappa shape index (κ3) is 8.65. The molecule has 0 aliphatic carbocycles. The van der Waals surface area contributed by atoms with Gasteiger partial charge in [-0.25, -0.2) is 4.79 Å². The Morgan fingerprint density at radius 1 is 0.891 bits per heavy atom. The molecule has 0 aliphatic rings. The predicted molar refractivity (Wildman–Crippen MR) is 183 cm³/mol. The summed E-state index contributed by atoms with van der Waals surface area (Å²) >= 11 is 0. The van der Waals surface area contributed by atoms with E-state index in [4.69, 9.17) is 4.74 Å². The number of phenolic OH excluding ortho intramolecular Hbond substituents is 1. The van der Waals surface area contributed by atoms with Gasteiger partial charge in [-0.05, 0) is 99.7 Å². The van der Waals surface area contributed by atoms with Gasteiger partial charge in [-0.15, -0.1) is 0 Å². The molecule has 0 radical (unpaired) electrons. The van der Waals surface area contributed by atoms with E-state index in [-0.39, 0.29) is 24.1 Å². The van der Waals surface area contributed by atoms with Crippen molar-refractivity contribution < 1.29 is 24.2 Å². The number of hydrogen-bond donors (Lipinski definition) is 3. The summed E-state index contributed by atoms with van der Waals surface area (Å²) in [5.74, 6) is -0.698. The van der Waals surface area contributed by atoms with Crippen molar-refractivity contribution in [1.82, 2.24) is 10.2 Å². The molecule has 3 amide bonds. The molecule has 4 aromatic carbocycles. The summed E-state index contributed by atoms with van der Waals surface area (Å²) in [7, 11) is 0. The van der Waals surface area contributed by atoms with Crippen molar-refractivity contribution in [3.63, 3.8) is 0 Å². The molecule has 0 fully saturated rings. The zero-order chi connectivity index (χ0) is 33.6. The Morgan fingerprint density at radius 2 is 1.57 bits per heavy atom. The first-order chi connectivity index (χ1) is 21.8. The number of ether oxygens (including phenoxy) is 1. The van der Waals surface area contributed by atoms with E-state index >= 15 is 0 Å². The number of aryl methyl sites for hydroxylation is 2. The molecule has 4 rings (SSSR count). The van der Waals surface area contributed by atoms with E-state index in [2.05, 4.69) is 10.6 Å². The van der Waals surface area contributed by atoms with Gasteiger partial charge in [0.05, 0.1) is 0 Å². The van der Waals surface area contributed by atoms with Crippen LogP contribution in [0.25, 0.3) is 10.8 Å². The second-order valence-corrected chi connectivity index (χ2v) is 12.9. The third-order valence-corrected chi connectivity index (χ3v) is 7.95. The molecule has 3 N–H and O–H groups in total. The molecule has 0 spiro atoms. The Labute approximate surface area is 271 Å². The van der Waals surface area contributed by atoms with Crippen molar-refractivity contribution in [3.8, 4) is 5.75 Å². The zero-order valence-corrected chi connectivity index (χ0v) is 27.8. The summed E-state index contributed by atoms with van der Waals surface area (Å²) in [6.07, 6.45) is -0.0520. The van der Waals surface area contributed by atoms with E-state index in [1.54, 1.807) is 37.8 Å². The Balaban J connectivity index is 1.79. The average Bonchev–Trinajstić information content (AvgIpc) is 2.99. The Hall–Kier alpha value is -4.85. The maximum absolute atomic E-state index is 14.8. The fourth-order valence-corrected chi connectivity index (χ4v) is 5.52. The van der Waals surface area contributed by atoms with Crippen molar-refractivity contribution in [3.05, 3.63) is 107 Å². The van der Waals surface area contributed by atoms with Crippen LogP contribution in [0.4, 0.5) is 10.5 Å². The van der Waals surface area contributed by atoms with Crippen LogP contribution in [0.2, 0.25) is 0 Å². The van der Waals surface area contributed by atoms with Crippen LogP contribution >= 0.6 is 0 Å². The van der Waals surface area contributed by atoms with Crippen molar-refractivity contribution in [2.45, 2.75) is 85.0 Å². The predicted octanol–water partition coefficient (Wildman–Crippen LogP) is 7.61. The molecule has 0 aromatic heterocycles. The van der Waals surface area contributed by atoms with Crippen LogP contribution in [0, 0.1) is 13.8 Å². The molecule has 8 heteroatoms. The summed E-state index contributed by atoms with van der Waals surface area (Å²) in [6.45, 7) is 13.0. The van der Waals surface area contributed by atoms with Gasteiger partial charge in [0.1, 0.15) is 23.4 Å². The Morgan fingerprint density at radius 3 is 2.20 bits per heavy atom. The zero-order valence-electron chi connectivity index (χ0n) is 27.8. The van der Waals surface area contributed by atoms with Crippen LogP contribution in [-0.2, 0) is 20.7 Å². The van der Waals surface area contributed by atoms with Gasteiger partial charge in [0, 0.05) is 18.2 Å². The monoisotopic (exact) mass is 623 g/mol. The van der Waals surface area contributed by atoms with Crippen molar-refractivity contribution in [2.75, 3.05) is 5.32 Å². The minimum absolute atomic E-state index is 0.0910. The maximum atomic E-state index is 14.8. The first-order valence-corrected chi connectivity index (χ1v) is 15.7. The smallest absolute Gasteiger partial charge is 0.408 e. The summed E-state index contributed by atoms with van der Waals surface area (Å²) < 4.78 is 5.54. The van der Waals surface area contributed by atoms with Gasteiger partial charge in [0.15, 0.2) is 0 Å². The highest BCUT2D eigenvalue weighted by Gasteiger charge is 2.39. The quantitative estimate of drug-likeness (QED) is 0.169. The van der Waals surface area contributed by atoms with Crippen LogP contribution < -0.4 is 10.6 Å². The van der Waals surface area contributed by atoms with Gasteiger partial charge >= 0.3 is 6.09 Å². The lowest BCUT2D eigenvalue weighted by molar-refractivity contribution is -0.143. The Bertz CT molecular complexity index is 1690. The molecule has 3 unspecified atom stereocenters. The molecule has 0 saturated carbocycles. The van der Waals surface area contributed by atoms with Gasteiger partial charge in [-0.2, -0.15) is 0 Å². The summed E-state index contributed by atoms with van der Waals surface area (Å²) in [6, 6.07) is 23.5. The third-order valence-electron chi connectivity index (χ3n) is 7.95. The minimum Gasteiger partial charge on any atom is -0.508 e. The van der Waals surface area contributed by atoms with Gasteiger partial charge in [-0.3, -0.25) is 9.59 Å². The van der Waals surface area contributed by atoms with E-state index in [1.807, 2.05) is 88.4 Å². The van der Waals surface area contributed by atoms with Crippen LogP contribution in [-0.4, -0.2) is 45.6 Å². The lowest BCUT2D eigenvalue weighted by Gasteiger charge is -2.39. The van der Waals surface area contributed by atoms with E-state index in [9.17, 15) is 19.5 Å². The molecule has 3 atom stereocenters. The van der Waals surface area contributed by atoms with Crippen LogP contribution in [0.1, 0.15) is 69.3 Å². The summed E-state index contributed by atoms with van der Waals surface area (Å²) in [5.41, 5.74) is 3.15. The molecular formula is C38H45N3O5. The maximum Gasteiger partial charge on any atom is 0.408 e. The SMILES string of the molecule is CCC(C)N(C(=O)C(Cc1ccc(O)cc1)NC(=O)OC(C)(C)C)C(C(=O)Nc1ccc2ccccc2c1)c1ccc(C)cc1C. The lowest BCUT2D eigenvalue weighted by atomic mass is 9.94. The van der Waals surface area contributed by atoms with Crippen LogP contribution in [0.3, 0.4) is 0 Å². The average molecular weight is 624 g/mol. The minimum atomic E-state index is -1.06. The number of amides is 3. The van der Waals surface area contributed by atoms with E-state index in [0.717, 1.165) is 27.5 Å². The van der Waals surface area contributed by atoms with E-state index < -0.39 is 29.7 Å². The van der Waals surface area contributed by atoms with Gasteiger partial charge < -0.3 is 25.4 Å². The number of fused-ring (bicyclic) bond motifs is 1. The molecular weight excluding hydrogens is 578 g/mol. The van der Waals surface area contributed by atoms with Gasteiger partial charge in [0.25, 0.3) is 5.91 Å². The van der Waals surface area contributed by atoms with Gasteiger partial charge in [0.2, 0.25) is 5.91 Å². The second-order valence-electron chi connectivity index (χ2n) is 12.9. The number of anilines is 1. The Kier molecular flexibility index (Phi) is 10.7. The second kappa shape index (κ2) is 14.5. The highest BCUT2D eigenvalue weighted by molar-refractivity contribution is 6.00. The highest BCUT2D eigenvalue weighted by atomic mass is 16.6. The normalized spacial score (nSPS) is 13.4. The fraction of sp³-hybridized carbons (Fsp3) is 0.342. The summed E-state index contributed by atoms with van der Waals surface area (Å²) in [4.78, 5) is 43.9. The molecule has 242 valence electrons. The number of alkyl carbamates (subject to hydrolysis) is 1. The van der Waals surface area contributed by atoms with Gasteiger partial charge in [-0.1, -0.05) is 73.2 Å². The number of rotatable bonds is 10. The number of benzene rings is 4. The van der Waals surface area contributed by atoms with E-state index in [0.29, 0.717) is 17.7 Å². The molecule has 0 aliphatic heterocycles. The largest absolute Gasteiger partial charge is 0.508 e. The molecule has 0 saturated heterocycles. The molecule has 4 aromatic rings. The highest BCUT2D eigenvalue weighted by Crippen LogP contribution is 2.31. The topological polar surface area (TPSA) is 108 Å². The number of carbonyl (C=O) groups is 3. The molecule has 46 heavy (non-hydrogen) atoms. The first-order valence-electron chi connectivity index (χ1n) is 15.7. The van der Waals surface area contributed by atoms with Crippen LogP contribution in [0.5, 0.6) is 5.75 Å². The van der Waals surface area contributed by atoms with Crippen LogP contribution in [0.15, 0.2) is 84.9 Å². The van der Waals surface area contributed by atoms with Crippen molar-refractivity contribution >= 4 is 34.4 Å². The number of nitrogens with zero attached hydrogens (tertiary/aromatic N) is 1. The molecule has 0 heterocycles. The number of nitrogens with one attached hydrogen (secondary N) is 2. The molecule has 0 bridgehead atoms. The summed E-state index contributed by atoms with van der Waals surface area (Å²) in [5, 5.41) is 17.7. The number of aromatic hydroxyl groups is 1. The first kappa shape index (κ1) is 34.0. The number of hydrogen-bond acceptors (Lipinski definition) is 5.